The van der Waals surface area contributed by atoms with Crippen LogP contribution >= 0.6 is 0 Å². The zero-order chi connectivity index (χ0) is 19.8. The van der Waals surface area contributed by atoms with E-state index >= 15 is 0 Å². The Morgan fingerprint density at radius 3 is 2.64 bits per heavy atom. The van der Waals surface area contributed by atoms with Gasteiger partial charge in [0.25, 0.3) is 0 Å². The summed E-state index contributed by atoms with van der Waals surface area (Å²) in [6.07, 6.45) is 16.0. The van der Waals surface area contributed by atoms with E-state index in [0.29, 0.717) is 24.0 Å². The van der Waals surface area contributed by atoms with Crippen LogP contribution in [-0.4, -0.2) is 30.6 Å². The number of hydrogen-bond donors (Lipinski definition) is 2. The zero-order valence-electron chi connectivity index (χ0n) is 18.1. The molecule has 4 saturated carbocycles. The van der Waals surface area contributed by atoms with Crippen LogP contribution in [0.2, 0.25) is 0 Å². The number of aliphatic hydroxyl groups is 1. The molecule has 4 fully saturated rings. The number of aliphatic hydroxyl groups excluding tert-OH is 1. The van der Waals surface area contributed by atoms with Crippen LogP contribution in [0.5, 0.6) is 0 Å². The fraction of sp³-hybridized carbons (Fsp3) is 0.958. The molecule has 0 saturated heterocycles. The van der Waals surface area contributed by atoms with Gasteiger partial charge in [-0.25, -0.2) is 0 Å². The van der Waals surface area contributed by atoms with Gasteiger partial charge in [-0.15, -0.1) is 0 Å². The van der Waals surface area contributed by atoms with Crippen LogP contribution in [0.4, 0.5) is 0 Å². The van der Waals surface area contributed by atoms with Crippen LogP contribution in [0, 0.1) is 40.4 Å². The van der Waals surface area contributed by atoms with Crippen molar-refractivity contribution in [3.8, 4) is 0 Å². The standard InChI is InChI=1S/C24H42N2O2/c1-23-12-10-22-20(7-5-18-16-19(27)9-11-24(18,22)2)21(23)8-6-17(23)4-3-14-26-28-15-13-25/h14,17-22,27H,3-13,15-16,25H2,1-2H3/b26-14+/t17-,18+,19-,20-,21-,22-,23+,24-/m0/s1. The van der Waals surface area contributed by atoms with Gasteiger partial charge < -0.3 is 15.7 Å². The Hall–Kier alpha value is -0.610. The molecule has 0 aromatic carbocycles. The average molecular weight is 391 g/mol. The van der Waals surface area contributed by atoms with Gasteiger partial charge in [-0.05, 0) is 111 Å². The smallest absolute Gasteiger partial charge is 0.129 e. The maximum absolute atomic E-state index is 10.2. The van der Waals surface area contributed by atoms with Crippen molar-refractivity contribution in [2.45, 2.75) is 90.6 Å². The van der Waals surface area contributed by atoms with Crippen molar-refractivity contribution in [3.05, 3.63) is 0 Å². The monoisotopic (exact) mass is 390 g/mol. The second kappa shape index (κ2) is 8.26. The minimum absolute atomic E-state index is 0.0326. The van der Waals surface area contributed by atoms with Gasteiger partial charge in [-0.3, -0.25) is 0 Å². The molecule has 0 bridgehead atoms. The highest BCUT2D eigenvalue weighted by atomic mass is 16.6. The lowest BCUT2D eigenvalue weighted by atomic mass is 9.44. The van der Waals surface area contributed by atoms with Gasteiger partial charge in [0.15, 0.2) is 0 Å². The van der Waals surface area contributed by atoms with Crippen molar-refractivity contribution >= 4 is 6.21 Å². The van der Waals surface area contributed by atoms with E-state index in [9.17, 15) is 5.11 Å². The third kappa shape index (κ3) is 3.53. The lowest BCUT2D eigenvalue weighted by Crippen LogP contribution is -2.53. The van der Waals surface area contributed by atoms with Crippen molar-refractivity contribution in [2.24, 2.45) is 51.3 Å². The first kappa shape index (κ1) is 20.7. The highest BCUT2D eigenvalue weighted by Crippen LogP contribution is 2.67. The van der Waals surface area contributed by atoms with Gasteiger partial charge in [0, 0.05) is 12.8 Å². The Labute approximate surface area is 171 Å². The number of nitrogens with two attached hydrogens (primary N) is 1. The number of hydrogen-bond acceptors (Lipinski definition) is 4. The molecule has 8 atom stereocenters. The first-order valence-corrected chi connectivity index (χ1v) is 12.0. The highest BCUT2D eigenvalue weighted by molar-refractivity contribution is 5.56. The summed E-state index contributed by atoms with van der Waals surface area (Å²) >= 11 is 0. The number of nitrogens with zero attached hydrogens (tertiary/aromatic N) is 1. The fourth-order valence-electron chi connectivity index (χ4n) is 8.30. The van der Waals surface area contributed by atoms with E-state index in [1.165, 1.54) is 51.4 Å². The number of rotatable bonds is 6. The summed E-state index contributed by atoms with van der Waals surface area (Å²) < 4.78 is 0. The highest BCUT2D eigenvalue weighted by Gasteiger charge is 2.59. The minimum atomic E-state index is -0.0326. The summed E-state index contributed by atoms with van der Waals surface area (Å²) in [5.74, 6) is 4.37. The topological polar surface area (TPSA) is 67.8 Å². The summed E-state index contributed by atoms with van der Waals surface area (Å²) in [7, 11) is 0. The molecule has 4 rings (SSSR count). The van der Waals surface area contributed by atoms with Crippen LogP contribution < -0.4 is 5.73 Å². The van der Waals surface area contributed by atoms with E-state index in [1.54, 1.807) is 0 Å². The lowest BCUT2D eigenvalue weighted by molar-refractivity contribution is -0.126. The fourth-order valence-corrected chi connectivity index (χ4v) is 8.30. The summed E-state index contributed by atoms with van der Waals surface area (Å²) in [6.45, 7) is 6.25. The molecular weight excluding hydrogens is 348 g/mol. The normalized spacial score (nSPS) is 48.1. The minimum Gasteiger partial charge on any atom is -0.395 e. The Bertz CT molecular complexity index is 567. The van der Waals surface area contributed by atoms with Gasteiger partial charge in [0.1, 0.15) is 6.61 Å². The lowest BCUT2D eigenvalue weighted by Gasteiger charge is -2.61. The third-order valence-corrected chi connectivity index (χ3v) is 9.84. The van der Waals surface area contributed by atoms with E-state index in [2.05, 4.69) is 19.0 Å². The van der Waals surface area contributed by atoms with Crippen molar-refractivity contribution < 1.29 is 9.94 Å². The van der Waals surface area contributed by atoms with Gasteiger partial charge >= 0.3 is 0 Å². The molecule has 28 heavy (non-hydrogen) atoms. The van der Waals surface area contributed by atoms with E-state index in [4.69, 9.17) is 10.6 Å². The Morgan fingerprint density at radius 1 is 1.04 bits per heavy atom. The van der Waals surface area contributed by atoms with E-state index in [0.717, 1.165) is 48.9 Å². The van der Waals surface area contributed by atoms with Gasteiger partial charge in [0.05, 0.1) is 6.10 Å². The number of fused-ring (bicyclic) bond motifs is 5. The van der Waals surface area contributed by atoms with Crippen molar-refractivity contribution in [1.29, 1.82) is 0 Å². The Morgan fingerprint density at radius 2 is 1.82 bits per heavy atom. The van der Waals surface area contributed by atoms with E-state index in [-0.39, 0.29) is 6.10 Å². The van der Waals surface area contributed by atoms with E-state index < -0.39 is 0 Å². The summed E-state index contributed by atoms with van der Waals surface area (Å²) in [4.78, 5) is 5.15. The summed E-state index contributed by atoms with van der Waals surface area (Å²) in [5, 5.41) is 14.3. The molecule has 4 nitrogen and oxygen atoms in total. The molecule has 0 spiro atoms. The molecule has 0 aromatic heterocycles. The molecule has 0 amide bonds. The molecule has 0 aliphatic heterocycles. The van der Waals surface area contributed by atoms with Crippen molar-refractivity contribution in [3.63, 3.8) is 0 Å². The first-order chi connectivity index (χ1) is 13.5. The summed E-state index contributed by atoms with van der Waals surface area (Å²) in [6, 6.07) is 0. The van der Waals surface area contributed by atoms with Crippen LogP contribution in [-0.2, 0) is 4.84 Å². The predicted octanol–water partition coefficient (Wildman–Crippen LogP) is 4.75. The van der Waals surface area contributed by atoms with Gasteiger partial charge in [-0.2, -0.15) is 0 Å². The molecular formula is C24H42N2O2. The second-order valence-corrected chi connectivity index (χ2v) is 10.9. The molecule has 0 aromatic rings. The Balaban J connectivity index is 1.40. The molecule has 4 aliphatic carbocycles. The largest absolute Gasteiger partial charge is 0.395 e. The summed E-state index contributed by atoms with van der Waals surface area (Å²) in [5.41, 5.74) is 6.46. The maximum atomic E-state index is 10.2. The van der Waals surface area contributed by atoms with Gasteiger partial charge in [-0.1, -0.05) is 19.0 Å². The maximum Gasteiger partial charge on any atom is 0.129 e. The molecule has 0 radical (unpaired) electrons. The quantitative estimate of drug-likeness (QED) is 0.391. The molecule has 0 unspecified atom stereocenters. The predicted molar refractivity (Wildman–Crippen MR) is 114 cm³/mol. The SMILES string of the molecule is C[C@]12CC[C@H](O)C[C@H]1CC[C@@H]1[C@@H]2CC[C@]2(C)[C@@H](CC/C=N/OCCN)CC[C@@H]12. The molecule has 0 heterocycles. The third-order valence-electron chi connectivity index (χ3n) is 9.84. The van der Waals surface area contributed by atoms with Crippen LogP contribution in [0.25, 0.3) is 0 Å². The number of oxime groups is 1. The molecule has 160 valence electrons. The van der Waals surface area contributed by atoms with Gasteiger partial charge in [0.2, 0.25) is 0 Å². The zero-order valence-corrected chi connectivity index (χ0v) is 18.1. The van der Waals surface area contributed by atoms with Crippen LogP contribution in [0.1, 0.15) is 84.5 Å². The average Bonchev–Trinajstić information content (AvgIpc) is 3.01. The van der Waals surface area contributed by atoms with E-state index in [1.807, 2.05) is 6.21 Å². The molecule has 4 heteroatoms. The van der Waals surface area contributed by atoms with Crippen molar-refractivity contribution in [2.75, 3.05) is 13.2 Å². The van der Waals surface area contributed by atoms with Crippen LogP contribution in [0.15, 0.2) is 5.16 Å². The first-order valence-electron chi connectivity index (χ1n) is 12.0. The molecule has 3 N–H and O–H groups in total. The Kier molecular flexibility index (Phi) is 6.09. The second-order valence-electron chi connectivity index (χ2n) is 10.9. The molecule has 4 aliphatic rings. The van der Waals surface area contributed by atoms with Crippen molar-refractivity contribution in [1.82, 2.24) is 0 Å². The van der Waals surface area contributed by atoms with Crippen LogP contribution in [0.3, 0.4) is 0 Å².